The van der Waals surface area contributed by atoms with Gasteiger partial charge in [-0.25, -0.2) is 0 Å². The molecule has 14 heavy (non-hydrogen) atoms. The number of hydrogen-bond acceptors (Lipinski definition) is 4. The van der Waals surface area contributed by atoms with Crippen molar-refractivity contribution in [2.45, 2.75) is 39.5 Å². The Morgan fingerprint density at radius 3 is 2.21 bits per heavy atom. The fraction of sp³-hybridized carbons (Fsp3) is 0.667. The highest BCUT2D eigenvalue weighted by atomic mass is 16.6. The van der Waals surface area contributed by atoms with Crippen molar-refractivity contribution in [1.29, 1.82) is 0 Å². The summed E-state index contributed by atoms with van der Waals surface area (Å²) in [5.74, 6) is 0.348. The standard InChI is InChI=1S/C9H14N2O3/c1-5(2)7-8(11(12)13)9(6(3)4)14-10-7/h5-6H,1-4H3. The summed E-state index contributed by atoms with van der Waals surface area (Å²) in [6, 6.07) is 0. The fourth-order valence-corrected chi connectivity index (χ4v) is 1.25. The highest BCUT2D eigenvalue weighted by Gasteiger charge is 2.29. The third-order valence-electron chi connectivity index (χ3n) is 1.97. The summed E-state index contributed by atoms with van der Waals surface area (Å²) in [5.41, 5.74) is 0.466. The van der Waals surface area contributed by atoms with E-state index in [2.05, 4.69) is 5.16 Å². The summed E-state index contributed by atoms with van der Waals surface area (Å²) in [7, 11) is 0. The SMILES string of the molecule is CC(C)c1noc(C(C)C)c1[N+](=O)[O-]. The largest absolute Gasteiger partial charge is 0.353 e. The molecule has 0 fully saturated rings. The van der Waals surface area contributed by atoms with Crippen LogP contribution in [-0.2, 0) is 0 Å². The molecule has 0 bridgehead atoms. The lowest BCUT2D eigenvalue weighted by Gasteiger charge is -1.99. The van der Waals surface area contributed by atoms with Crippen LogP contribution < -0.4 is 0 Å². The average Bonchev–Trinajstić information content (AvgIpc) is 2.46. The monoisotopic (exact) mass is 198 g/mol. The van der Waals surface area contributed by atoms with Crippen LogP contribution in [0.25, 0.3) is 0 Å². The molecule has 0 saturated carbocycles. The summed E-state index contributed by atoms with van der Waals surface area (Å²) in [6.07, 6.45) is 0. The van der Waals surface area contributed by atoms with Gasteiger partial charge in [-0.1, -0.05) is 32.9 Å². The van der Waals surface area contributed by atoms with Gasteiger partial charge >= 0.3 is 5.69 Å². The van der Waals surface area contributed by atoms with E-state index < -0.39 is 4.92 Å². The van der Waals surface area contributed by atoms with Gasteiger partial charge in [0.2, 0.25) is 5.76 Å². The van der Waals surface area contributed by atoms with Gasteiger partial charge in [-0.15, -0.1) is 0 Å². The lowest BCUT2D eigenvalue weighted by molar-refractivity contribution is -0.387. The van der Waals surface area contributed by atoms with Crippen LogP contribution in [0.4, 0.5) is 5.69 Å². The molecule has 0 N–H and O–H groups in total. The van der Waals surface area contributed by atoms with Crippen molar-refractivity contribution < 1.29 is 9.45 Å². The minimum absolute atomic E-state index is 0.00616. The first-order valence-electron chi connectivity index (χ1n) is 4.59. The highest BCUT2D eigenvalue weighted by Crippen LogP contribution is 2.33. The molecule has 0 atom stereocenters. The summed E-state index contributed by atoms with van der Waals surface area (Å²) in [5, 5.41) is 14.6. The maximum atomic E-state index is 10.8. The Hall–Kier alpha value is -1.39. The van der Waals surface area contributed by atoms with Crippen LogP contribution in [0.1, 0.15) is 51.0 Å². The van der Waals surface area contributed by atoms with Crippen LogP contribution in [0, 0.1) is 10.1 Å². The van der Waals surface area contributed by atoms with E-state index in [1.807, 2.05) is 27.7 Å². The van der Waals surface area contributed by atoms with Crippen LogP contribution in [0.15, 0.2) is 4.52 Å². The number of aromatic nitrogens is 1. The molecule has 0 saturated heterocycles. The van der Waals surface area contributed by atoms with Gasteiger partial charge < -0.3 is 4.52 Å². The summed E-state index contributed by atoms with van der Waals surface area (Å²) >= 11 is 0. The van der Waals surface area contributed by atoms with E-state index in [0.29, 0.717) is 11.5 Å². The first-order valence-corrected chi connectivity index (χ1v) is 4.59. The van der Waals surface area contributed by atoms with Crippen molar-refractivity contribution >= 4 is 5.69 Å². The molecule has 1 rings (SSSR count). The Labute approximate surface area is 82.2 Å². The van der Waals surface area contributed by atoms with Gasteiger partial charge in [-0.2, -0.15) is 0 Å². The van der Waals surface area contributed by atoms with Crippen LogP contribution >= 0.6 is 0 Å². The predicted octanol–water partition coefficient (Wildman–Crippen LogP) is 2.83. The molecule has 0 aliphatic heterocycles. The third-order valence-corrected chi connectivity index (χ3v) is 1.97. The van der Waals surface area contributed by atoms with E-state index >= 15 is 0 Å². The minimum Gasteiger partial charge on any atom is -0.353 e. The van der Waals surface area contributed by atoms with E-state index in [-0.39, 0.29) is 17.5 Å². The molecule has 1 aromatic rings. The molecule has 0 aliphatic rings. The molecule has 1 heterocycles. The van der Waals surface area contributed by atoms with Crippen LogP contribution in [0.3, 0.4) is 0 Å². The van der Waals surface area contributed by atoms with Crippen LogP contribution in [0.5, 0.6) is 0 Å². The predicted molar refractivity (Wildman–Crippen MR) is 51.3 cm³/mol. The maximum absolute atomic E-state index is 10.8. The summed E-state index contributed by atoms with van der Waals surface area (Å²) < 4.78 is 4.99. The van der Waals surface area contributed by atoms with Gasteiger partial charge in [-0.3, -0.25) is 10.1 Å². The van der Waals surface area contributed by atoms with Gasteiger partial charge in [-0.05, 0) is 0 Å². The Morgan fingerprint density at radius 1 is 1.29 bits per heavy atom. The molecular formula is C9H14N2O3. The second-order valence-electron chi connectivity index (χ2n) is 3.85. The topological polar surface area (TPSA) is 69.2 Å². The summed E-state index contributed by atoms with van der Waals surface area (Å²) in [4.78, 5) is 10.4. The molecule has 0 aliphatic carbocycles. The van der Waals surface area contributed by atoms with Crippen molar-refractivity contribution in [3.8, 4) is 0 Å². The van der Waals surface area contributed by atoms with Gasteiger partial charge in [0.25, 0.3) is 0 Å². The van der Waals surface area contributed by atoms with Crippen molar-refractivity contribution in [2.24, 2.45) is 0 Å². The highest BCUT2D eigenvalue weighted by molar-refractivity contribution is 5.41. The number of nitro groups is 1. The Bertz CT molecular complexity index is 316. The summed E-state index contributed by atoms with van der Waals surface area (Å²) in [6.45, 7) is 7.40. The Kier molecular flexibility index (Phi) is 2.88. The normalized spacial score (nSPS) is 11.3. The van der Waals surface area contributed by atoms with Crippen LogP contribution in [-0.4, -0.2) is 10.1 Å². The van der Waals surface area contributed by atoms with Crippen molar-refractivity contribution in [1.82, 2.24) is 5.16 Å². The maximum Gasteiger partial charge on any atom is 0.335 e. The molecule has 0 aromatic carbocycles. The molecule has 0 spiro atoms. The Balaban J connectivity index is 3.28. The Morgan fingerprint density at radius 2 is 1.86 bits per heavy atom. The van der Waals surface area contributed by atoms with Gasteiger partial charge in [0.05, 0.1) is 4.92 Å². The molecule has 1 aromatic heterocycles. The second kappa shape index (κ2) is 3.77. The second-order valence-corrected chi connectivity index (χ2v) is 3.85. The number of rotatable bonds is 3. The first-order chi connectivity index (χ1) is 6.45. The average molecular weight is 198 g/mol. The van der Waals surface area contributed by atoms with Gasteiger partial charge in [0, 0.05) is 11.8 Å². The number of nitrogens with zero attached hydrogens (tertiary/aromatic N) is 2. The third kappa shape index (κ3) is 1.76. The van der Waals surface area contributed by atoms with E-state index in [1.165, 1.54) is 0 Å². The van der Waals surface area contributed by atoms with E-state index in [9.17, 15) is 10.1 Å². The molecule has 0 radical (unpaired) electrons. The first kappa shape index (κ1) is 10.7. The molecule has 78 valence electrons. The lowest BCUT2D eigenvalue weighted by atomic mass is 10.0. The van der Waals surface area contributed by atoms with Gasteiger partial charge in [0.15, 0.2) is 5.69 Å². The molecular weight excluding hydrogens is 184 g/mol. The van der Waals surface area contributed by atoms with E-state index in [4.69, 9.17) is 4.52 Å². The van der Waals surface area contributed by atoms with Crippen molar-refractivity contribution in [3.05, 3.63) is 21.6 Å². The molecule has 5 heteroatoms. The zero-order chi connectivity index (χ0) is 10.9. The zero-order valence-electron chi connectivity index (χ0n) is 8.77. The quantitative estimate of drug-likeness (QED) is 0.553. The zero-order valence-corrected chi connectivity index (χ0v) is 8.77. The number of hydrogen-bond donors (Lipinski definition) is 0. The smallest absolute Gasteiger partial charge is 0.335 e. The van der Waals surface area contributed by atoms with Crippen molar-refractivity contribution in [3.63, 3.8) is 0 Å². The van der Waals surface area contributed by atoms with E-state index in [1.54, 1.807) is 0 Å². The molecule has 5 nitrogen and oxygen atoms in total. The fourth-order valence-electron chi connectivity index (χ4n) is 1.25. The van der Waals surface area contributed by atoms with Crippen molar-refractivity contribution in [2.75, 3.05) is 0 Å². The van der Waals surface area contributed by atoms with Crippen LogP contribution in [0.2, 0.25) is 0 Å². The minimum atomic E-state index is -0.416. The van der Waals surface area contributed by atoms with E-state index in [0.717, 1.165) is 0 Å². The van der Waals surface area contributed by atoms with Gasteiger partial charge in [0.1, 0.15) is 0 Å². The molecule has 0 amide bonds. The molecule has 0 unspecified atom stereocenters. The lowest BCUT2D eigenvalue weighted by Crippen LogP contribution is -1.98.